The van der Waals surface area contributed by atoms with E-state index in [1.165, 1.54) is 70.0 Å². The van der Waals surface area contributed by atoms with Gasteiger partial charge in [0.15, 0.2) is 0 Å². The van der Waals surface area contributed by atoms with Crippen LogP contribution in [-0.2, 0) is 6.42 Å². The fraction of sp³-hybridized carbons (Fsp3) is 0.688. The number of pyridine rings is 1. The molecule has 0 bridgehead atoms. The maximum Gasteiger partial charge on any atom is 0.0270 e. The van der Waals surface area contributed by atoms with Crippen molar-refractivity contribution in [3.05, 3.63) is 30.1 Å². The molecular formula is C16H26N2. The molecule has 0 aromatic carbocycles. The first-order valence-electron chi connectivity index (χ1n) is 7.55. The van der Waals surface area contributed by atoms with Gasteiger partial charge in [-0.05, 0) is 56.0 Å². The molecule has 1 aliphatic rings. The summed E-state index contributed by atoms with van der Waals surface area (Å²) >= 11 is 0. The van der Waals surface area contributed by atoms with Crippen molar-refractivity contribution in [3.63, 3.8) is 0 Å². The second-order valence-electron chi connectivity index (χ2n) is 5.52. The van der Waals surface area contributed by atoms with Gasteiger partial charge < -0.3 is 5.32 Å². The molecule has 0 aliphatic carbocycles. The lowest BCUT2D eigenvalue weighted by Gasteiger charge is -2.16. The molecule has 0 amide bonds. The van der Waals surface area contributed by atoms with Crippen LogP contribution >= 0.6 is 0 Å². The number of aromatic nitrogens is 1. The van der Waals surface area contributed by atoms with Gasteiger partial charge in [0.2, 0.25) is 0 Å². The smallest absolute Gasteiger partial charge is 0.0270 e. The minimum absolute atomic E-state index is 0.880. The van der Waals surface area contributed by atoms with Gasteiger partial charge in [0.1, 0.15) is 0 Å². The average Bonchev–Trinajstić information content (AvgIpc) is 2.46. The Labute approximate surface area is 111 Å². The molecule has 18 heavy (non-hydrogen) atoms. The van der Waals surface area contributed by atoms with E-state index in [0.29, 0.717) is 0 Å². The molecule has 1 saturated heterocycles. The molecule has 1 N–H and O–H groups in total. The van der Waals surface area contributed by atoms with Gasteiger partial charge in [-0.3, -0.25) is 4.98 Å². The van der Waals surface area contributed by atoms with Crippen LogP contribution in [0.2, 0.25) is 0 Å². The molecule has 1 fully saturated rings. The number of hydrogen-bond acceptors (Lipinski definition) is 2. The van der Waals surface area contributed by atoms with Crippen molar-refractivity contribution >= 4 is 0 Å². The summed E-state index contributed by atoms with van der Waals surface area (Å²) in [5.74, 6) is 0.880. The van der Waals surface area contributed by atoms with Crippen LogP contribution in [0.1, 0.15) is 50.5 Å². The maximum atomic E-state index is 4.10. The van der Waals surface area contributed by atoms with Crippen LogP contribution in [0.4, 0.5) is 0 Å². The summed E-state index contributed by atoms with van der Waals surface area (Å²) in [6.07, 6.45) is 14.7. The Bertz CT molecular complexity index is 298. The van der Waals surface area contributed by atoms with Crippen LogP contribution in [0.15, 0.2) is 24.5 Å². The van der Waals surface area contributed by atoms with E-state index in [1.54, 1.807) is 0 Å². The molecule has 100 valence electrons. The maximum absolute atomic E-state index is 4.10. The Morgan fingerprint density at radius 2 is 1.61 bits per heavy atom. The number of rotatable bonds is 2. The molecule has 1 aliphatic heterocycles. The van der Waals surface area contributed by atoms with Crippen LogP contribution < -0.4 is 5.32 Å². The van der Waals surface area contributed by atoms with Crippen molar-refractivity contribution in [2.75, 3.05) is 13.1 Å². The normalized spacial score (nSPS) is 23.2. The molecule has 1 aromatic rings. The van der Waals surface area contributed by atoms with Crippen LogP contribution in [0.3, 0.4) is 0 Å². The van der Waals surface area contributed by atoms with E-state index < -0.39 is 0 Å². The van der Waals surface area contributed by atoms with E-state index in [-0.39, 0.29) is 0 Å². The van der Waals surface area contributed by atoms with Gasteiger partial charge >= 0.3 is 0 Å². The molecule has 1 atom stereocenters. The third-order valence-electron chi connectivity index (χ3n) is 3.96. The summed E-state index contributed by atoms with van der Waals surface area (Å²) in [6.45, 7) is 2.43. The zero-order chi connectivity index (χ0) is 12.5. The minimum atomic E-state index is 0.880. The van der Waals surface area contributed by atoms with Gasteiger partial charge in [-0.1, -0.05) is 32.1 Å². The predicted molar refractivity (Wildman–Crippen MR) is 76.6 cm³/mol. The lowest BCUT2D eigenvalue weighted by Crippen LogP contribution is -2.16. The van der Waals surface area contributed by atoms with Crippen LogP contribution in [0.5, 0.6) is 0 Å². The first kappa shape index (κ1) is 13.5. The average molecular weight is 246 g/mol. The summed E-state index contributed by atoms with van der Waals surface area (Å²) in [5.41, 5.74) is 1.46. The van der Waals surface area contributed by atoms with Crippen molar-refractivity contribution in [2.45, 2.75) is 51.4 Å². The van der Waals surface area contributed by atoms with Crippen LogP contribution in [-0.4, -0.2) is 18.1 Å². The molecule has 0 radical (unpaired) electrons. The third-order valence-corrected chi connectivity index (χ3v) is 3.96. The SMILES string of the molecule is c1cc(CC2CCCCCNCCCC2)ccn1. The molecule has 2 heterocycles. The highest BCUT2D eigenvalue weighted by molar-refractivity contribution is 5.10. The van der Waals surface area contributed by atoms with Crippen molar-refractivity contribution in [2.24, 2.45) is 5.92 Å². The van der Waals surface area contributed by atoms with Gasteiger partial charge in [-0.25, -0.2) is 0 Å². The van der Waals surface area contributed by atoms with Crippen molar-refractivity contribution in [1.82, 2.24) is 10.3 Å². The van der Waals surface area contributed by atoms with E-state index in [2.05, 4.69) is 22.4 Å². The Kier molecular flexibility index (Phi) is 6.21. The monoisotopic (exact) mass is 246 g/mol. The lowest BCUT2D eigenvalue weighted by atomic mass is 9.90. The first-order valence-corrected chi connectivity index (χ1v) is 7.55. The van der Waals surface area contributed by atoms with Crippen molar-refractivity contribution in [1.29, 1.82) is 0 Å². The second kappa shape index (κ2) is 8.25. The van der Waals surface area contributed by atoms with Crippen molar-refractivity contribution in [3.8, 4) is 0 Å². The summed E-state index contributed by atoms with van der Waals surface area (Å²) in [4.78, 5) is 4.10. The van der Waals surface area contributed by atoms with E-state index in [9.17, 15) is 0 Å². The number of hydrogen-bond donors (Lipinski definition) is 1. The van der Waals surface area contributed by atoms with Gasteiger partial charge in [0.05, 0.1) is 0 Å². The molecule has 0 spiro atoms. The Balaban J connectivity index is 1.83. The summed E-state index contributed by atoms with van der Waals surface area (Å²) in [5, 5.41) is 3.54. The fourth-order valence-electron chi connectivity index (χ4n) is 2.87. The first-order chi connectivity index (χ1) is 8.95. The van der Waals surface area contributed by atoms with E-state index in [4.69, 9.17) is 0 Å². The molecule has 1 aromatic heterocycles. The topological polar surface area (TPSA) is 24.9 Å². The van der Waals surface area contributed by atoms with Gasteiger partial charge in [0.25, 0.3) is 0 Å². The van der Waals surface area contributed by atoms with E-state index >= 15 is 0 Å². The zero-order valence-corrected chi connectivity index (χ0v) is 11.4. The molecular weight excluding hydrogens is 220 g/mol. The fourth-order valence-corrected chi connectivity index (χ4v) is 2.87. The lowest BCUT2D eigenvalue weighted by molar-refractivity contribution is 0.414. The molecule has 1 unspecified atom stereocenters. The Hall–Kier alpha value is -0.890. The number of nitrogens with zero attached hydrogens (tertiary/aromatic N) is 1. The molecule has 2 heteroatoms. The van der Waals surface area contributed by atoms with Crippen molar-refractivity contribution < 1.29 is 0 Å². The number of nitrogens with one attached hydrogen (secondary N) is 1. The van der Waals surface area contributed by atoms with Gasteiger partial charge in [0, 0.05) is 12.4 Å². The standard InChI is InChI=1S/C16H26N2/c1-2-6-15(7-3-5-11-17-10-4-1)14-16-8-12-18-13-9-16/h8-9,12-13,15,17H,1-7,10-11,14H2. The summed E-state index contributed by atoms with van der Waals surface area (Å²) in [6, 6.07) is 4.35. The highest BCUT2D eigenvalue weighted by Gasteiger charge is 2.10. The van der Waals surface area contributed by atoms with Crippen LogP contribution in [0.25, 0.3) is 0 Å². The second-order valence-corrected chi connectivity index (χ2v) is 5.52. The largest absolute Gasteiger partial charge is 0.317 e. The zero-order valence-electron chi connectivity index (χ0n) is 11.4. The summed E-state index contributed by atoms with van der Waals surface area (Å²) < 4.78 is 0. The Morgan fingerprint density at radius 1 is 0.944 bits per heavy atom. The predicted octanol–water partition coefficient (Wildman–Crippen LogP) is 3.57. The van der Waals surface area contributed by atoms with E-state index in [0.717, 1.165) is 5.92 Å². The minimum Gasteiger partial charge on any atom is -0.317 e. The van der Waals surface area contributed by atoms with E-state index in [1.807, 2.05) is 12.4 Å². The Morgan fingerprint density at radius 3 is 2.39 bits per heavy atom. The van der Waals surface area contributed by atoms with Gasteiger partial charge in [-0.2, -0.15) is 0 Å². The third kappa shape index (κ3) is 5.18. The summed E-state index contributed by atoms with van der Waals surface area (Å²) in [7, 11) is 0. The highest BCUT2D eigenvalue weighted by atomic mass is 14.8. The quantitative estimate of drug-likeness (QED) is 0.863. The molecule has 2 nitrogen and oxygen atoms in total. The van der Waals surface area contributed by atoms with Gasteiger partial charge in [-0.15, -0.1) is 0 Å². The van der Waals surface area contributed by atoms with Crippen LogP contribution in [0, 0.1) is 5.92 Å². The molecule has 2 rings (SSSR count). The highest BCUT2D eigenvalue weighted by Crippen LogP contribution is 2.21. The molecule has 0 saturated carbocycles.